The Morgan fingerprint density at radius 2 is 1.78 bits per heavy atom. The van der Waals surface area contributed by atoms with E-state index in [2.05, 4.69) is 31.9 Å². The molecule has 0 aliphatic heterocycles. The van der Waals surface area contributed by atoms with E-state index in [0.29, 0.717) is 4.47 Å². The van der Waals surface area contributed by atoms with Crippen LogP contribution in [-0.2, 0) is 6.42 Å². The Morgan fingerprint density at radius 1 is 1.11 bits per heavy atom. The topological polar surface area (TPSA) is 0 Å². The van der Waals surface area contributed by atoms with Gasteiger partial charge in [0, 0.05) is 9.85 Å². The highest BCUT2D eigenvalue weighted by Crippen LogP contribution is 2.30. The van der Waals surface area contributed by atoms with Crippen LogP contribution in [0.25, 0.3) is 0 Å². The number of alkyl halides is 1. The van der Waals surface area contributed by atoms with Gasteiger partial charge in [0.25, 0.3) is 0 Å². The first-order chi connectivity index (χ1) is 8.56. The van der Waals surface area contributed by atoms with Crippen LogP contribution in [0.3, 0.4) is 0 Å². The van der Waals surface area contributed by atoms with Crippen LogP contribution in [0.2, 0.25) is 5.02 Å². The zero-order valence-corrected chi connectivity index (χ0v) is 13.3. The van der Waals surface area contributed by atoms with Gasteiger partial charge < -0.3 is 0 Å². The predicted octanol–water partition coefficient (Wildman–Crippen LogP) is 5.92. The van der Waals surface area contributed by atoms with Gasteiger partial charge in [-0.25, -0.2) is 4.39 Å². The van der Waals surface area contributed by atoms with Gasteiger partial charge in [-0.2, -0.15) is 0 Å². The minimum Gasteiger partial charge on any atom is -0.206 e. The van der Waals surface area contributed by atoms with Crippen LogP contribution < -0.4 is 0 Å². The summed E-state index contributed by atoms with van der Waals surface area (Å²) >= 11 is 12.7. The highest BCUT2D eigenvalue weighted by Gasteiger charge is 2.10. The Morgan fingerprint density at radius 3 is 2.39 bits per heavy atom. The Hall–Kier alpha value is -0.380. The largest absolute Gasteiger partial charge is 0.206 e. The van der Waals surface area contributed by atoms with Crippen LogP contribution in [0.4, 0.5) is 4.39 Å². The molecule has 18 heavy (non-hydrogen) atoms. The smallest absolute Gasteiger partial charge is 0.137 e. The van der Waals surface area contributed by atoms with E-state index in [1.54, 1.807) is 12.1 Å². The highest BCUT2D eigenvalue weighted by molar-refractivity contribution is 9.10. The van der Waals surface area contributed by atoms with E-state index >= 15 is 0 Å². The molecule has 0 amide bonds. The summed E-state index contributed by atoms with van der Waals surface area (Å²) in [7, 11) is 0. The van der Waals surface area contributed by atoms with Crippen molar-refractivity contribution < 1.29 is 4.39 Å². The van der Waals surface area contributed by atoms with E-state index < -0.39 is 0 Å². The second-order valence-electron chi connectivity index (χ2n) is 3.97. The molecule has 0 nitrogen and oxygen atoms in total. The van der Waals surface area contributed by atoms with Crippen LogP contribution in [-0.4, -0.2) is 0 Å². The van der Waals surface area contributed by atoms with Crippen molar-refractivity contribution >= 4 is 43.5 Å². The molecule has 94 valence electrons. The molecule has 0 aliphatic rings. The molecule has 0 N–H and O–H groups in total. The molecule has 2 aromatic carbocycles. The van der Waals surface area contributed by atoms with Crippen molar-refractivity contribution in [2.75, 3.05) is 0 Å². The first-order valence-corrected chi connectivity index (χ1v) is 7.48. The Labute approximate surface area is 127 Å². The summed E-state index contributed by atoms with van der Waals surface area (Å²) in [5.41, 5.74) is 2.22. The van der Waals surface area contributed by atoms with Gasteiger partial charge in [-0.3, -0.25) is 0 Å². The van der Waals surface area contributed by atoms with Crippen LogP contribution in [0.1, 0.15) is 16.0 Å². The van der Waals surface area contributed by atoms with Crippen molar-refractivity contribution in [1.82, 2.24) is 0 Å². The fourth-order valence-corrected chi connectivity index (χ4v) is 2.83. The van der Waals surface area contributed by atoms with Crippen LogP contribution in [0.5, 0.6) is 0 Å². The molecule has 0 aromatic heterocycles. The van der Waals surface area contributed by atoms with E-state index in [1.165, 1.54) is 11.6 Å². The van der Waals surface area contributed by atoms with Gasteiger partial charge in [-0.05, 0) is 57.7 Å². The summed E-state index contributed by atoms with van der Waals surface area (Å²) in [4.78, 5) is 0.149. The standard InChI is InChI=1S/C14H10Br2ClF/c15-12(7-9-1-4-11(17)5-2-9)10-3-6-14(18)13(16)8-10/h1-6,8,12H,7H2. The minimum absolute atomic E-state index is 0.149. The van der Waals surface area contributed by atoms with Gasteiger partial charge >= 0.3 is 0 Å². The zero-order chi connectivity index (χ0) is 13.1. The second-order valence-corrected chi connectivity index (χ2v) is 6.37. The Balaban J connectivity index is 2.13. The fourth-order valence-electron chi connectivity index (χ4n) is 1.65. The lowest BCUT2D eigenvalue weighted by Gasteiger charge is -2.11. The molecule has 2 aromatic rings. The van der Waals surface area contributed by atoms with Gasteiger partial charge in [0.1, 0.15) is 5.82 Å². The molecule has 0 saturated heterocycles. The SMILES string of the molecule is Fc1ccc(C(Br)Cc2ccc(Cl)cc2)cc1Br. The Bertz CT molecular complexity index is 540. The third-order valence-electron chi connectivity index (χ3n) is 2.63. The monoisotopic (exact) mass is 390 g/mol. The zero-order valence-electron chi connectivity index (χ0n) is 9.34. The first kappa shape index (κ1) is 14.0. The van der Waals surface area contributed by atoms with Crippen LogP contribution in [0, 0.1) is 5.82 Å². The summed E-state index contributed by atoms with van der Waals surface area (Å²) in [5, 5.41) is 0.731. The van der Waals surface area contributed by atoms with E-state index in [1.807, 2.05) is 24.3 Å². The molecule has 1 unspecified atom stereocenters. The quantitative estimate of drug-likeness (QED) is 0.569. The Kier molecular flexibility index (Phi) is 4.82. The van der Waals surface area contributed by atoms with Crippen molar-refractivity contribution in [3.63, 3.8) is 0 Å². The average molecular weight is 392 g/mol. The van der Waals surface area contributed by atoms with Gasteiger partial charge in [-0.15, -0.1) is 0 Å². The van der Waals surface area contributed by atoms with Crippen molar-refractivity contribution in [3.05, 3.63) is 68.9 Å². The van der Waals surface area contributed by atoms with Gasteiger partial charge in [0.05, 0.1) is 4.47 Å². The van der Waals surface area contributed by atoms with E-state index in [-0.39, 0.29) is 10.6 Å². The third-order valence-corrected chi connectivity index (χ3v) is 4.35. The molecular weight excluding hydrogens is 382 g/mol. The number of hydrogen-bond acceptors (Lipinski definition) is 0. The lowest BCUT2D eigenvalue weighted by molar-refractivity contribution is 0.620. The van der Waals surface area contributed by atoms with Crippen molar-refractivity contribution in [2.24, 2.45) is 0 Å². The molecule has 2 rings (SSSR count). The maximum atomic E-state index is 13.2. The number of halogens is 4. The summed E-state index contributed by atoms with van der Waals surface area (Å²) in [5.74, 6) is -0.245. The molecule has 0 aliphatic carbocycles. The first-order valence-electron chi connectivity index (χ1n) is 5.40. The van der Waals surface area contributed by atoms with Gasteiger partial charge in [-0.1, -0.05) is 45.7 Å². The minimum atomic E-state index is -0.245. The van der Waals surface area contributed by atoms with Crippen LogP contribution in [0.15, 0.2) is 46.9 Å². The maximum Gasteiger partial charge on any atom is 0.137 e. The predicted molar refractivity (Wildman–Crippen MR) is 80.9 cm³/mol. The second kappa shape index (κ2) is 6.18. The molecular formula is C14H10Br2ClF. The number of benzene rings is 2. The third kappa shape index (κ3) is 3.56. The van der Waals surface area contributed by atoms with Gasteiger partial charge in [0.15, 0.2) is 0 Å². The van der Waals surface area contributed by atoms with Crippen molar-refractivity contribution in [3.8, 4) is 0 Å². The van der Waals surface area contributed by atoms with Gasteiger partial charge in [0.2, 0.25) is 0 Å². The normalized spacial score (nSPS) is 12.4. The van der Waals surface area contributed by atoms with Crippen molar-refractivity contribution in [2.45, 2.75) is 11.2 Å². The molecule has 1 atom stereocenters. The molecule has 4 heteroatoms. The molecule has 0 radical (unpaired) electrons. The van der Waals surface area contributed by atoms with Crippen molar-refractivity contribution in [1.29, 1.82) is 0 Å². The lowest BCUT2D eigenvalue weighted by Crippen LogP contribution is -1.96. The summed E-state index contributed by atoms with van der Waals surface area (Å²) in [6, 6.07) is 12.8. The van der Waals surface area contributed by atoms with E-state index in [4.69, 9.17) is 11.6 Å². The maximum absolute atomic E-state index is 13.2. The fraction of sp³-hybridized carbons (Fsp3) is 0.143. The highest BCUT2D eigenvalue weighted by atomic mass is 79.9. The molecule has 0 spiro atoms. The van der Waals surface area contributed by atoms with E-state index in [0.717, 1.165) is 17.0 Å². The molecule has 0 saturated carbocycles. The number of hydrogen-bond donors (Lipinski definition) is 0. The summed E-state index contributed by atoms with van der Waals surface area (Å²) < 4.78 is 13.6. The summed E-state index contributed by atoms with van der Waals surface area (Å²) in [6.45, 7) is 0. The lowest BCUT2D eigenvalue weighted by atomic mass is 10.0. The van der Waals surface area contributed by atoms with Crippen LogP contribution >= 0.6 is 43.5 Å². The number of rotatable bonds is 3. The summed E-state index contributed by atoms with van der Waals surface area (Å²) in [6.07, 6.45) is 0.829. The van der Waals surface area contributed by atoms with E-state index in [9.17, 15) is 4.39 Å². The molecule has 0 fully saturated rings. The average Bonchev–Trinajstić information content (AvgIpc) is 2.35. The molecule has 0 heterocycles. The molecule has 0 bridgehead atoms.